The molecule has 0 unspecified atom stereocenters. The first kappa shape index (κ1) is 16.2. The fourth-order valence-corrected chi connectivity index (χ4v) is 2.03. The van der Waals surface area contributed by atoms with Gasteiger partial charge in [-0.25, -0.2) is 18.4 Å². The summed E-state index contributed by atoms with van der Waals surface area (Å²) in [6.45, 7) is 8.00. The largest absolute Gasteiger partial charge is 0.444 e. The summed E-state index contributed by atoms with van der Waals surface area (Å²) >= 11 is 0. The summed E-state index contributed by atoms with van der Waals surface area (Å²) in [6, 6.07) is 0. The van der Waals surface area contributed by atoms with Gasteiger partial charge in [0.25, 0.3) is 0 Å². The van der Waals surface area contributed by atoms with Crippen molar-refractivity contribution < 1.29 is 22.7 Å². The monoisotopic (exact) mass is 294 g/mol. The molecule has 0 aromatic heterocycles. The fraction of sp³-hybridized carbons (Fsp3) is 0.909. The Balaban J connectivity index is 2.33. The maximum atomic E-state index is 11.7. The molecule has 1 fully saturated rings. The maximum absolute atomic E-state index is 11.7. The third-order valence-corrected chi connectivity index (χ3v) is 3.26. The molecule has 1 aliphatic heterocycles. The molecule has 1 heterocycles. The van der Waals surface area contributed by atoms with E-state index in [-0.39, 0.29) is 18.5 Å². The molecule has 7 nitrogen and oxygen atoms in total. The number of ether oxygens (including phenoxy) is 2. The number of hydrogen-bond donors (Lipinski definition) is 1. The van der Waals surface area contributed by atoms with E-state index in [1.54, 1.807) is 20.8 Å². The van der Waals surface area contributed by atoms with Gasteiger partial charge in [-0.2, -0.15) is 0 Å². The highest BCUT2D eigenvalue weighted by atomic mass is 32.2. The number of amides is 1. The minimum atomic E-state index is -3.51. The highest BCUT2D eigenvalue weighted by molar-refractivity contribution is 7.89. The van der Waals surface area contributed by atoms with Gasteiger partial charge in [-0.1, -0.05) is 0 Å². The van der Waals surface area contributed by atoms with Crippen molar-refractivity contribution >= 4 is 16.1 Å². The summed E-state index contributed by atoms with van der Waals surface area (Å²) in [4.78, 5) is 13.2. The summed E-state index contributed by atoms with van der Waals surface area (Å²) < 4.78 is 32.2. The Kier molecular flexibility index (Phi) is 4.48. The van der Waals surface area contributed by atoms with Gasteiger partial charge in [0.1, 0.15) is 11.2 Å². The van der Waals surface area contributed by atoms with Gasteiger partial charge >= 0.3 is 6.09 Å². The summed E-state index contributed by atoms with van der Waals surface area (Å²) in [5.74, 6) is -0.227. The fourth-order valence-electron chi connectivity index (χ4n) is 1.71. The van der Waals surface area contributed by atoms with Gasteiger partial charge in [0, 0.05) is 0 Å². The number of sulfonamides is 1. The lowest BCUT2D eigenvalue weighted by Gasteiger charge is -2.47. The number of nitrogens with zero attached hydrogens (tertiary/aromatic N) is 1. The van der Waals surface area contributed by atoms with Crippen LogP contribution in [0.25, 0.3) is 0 Å². The first-order valence-corrected chi connectivity index (χ1v) is 7.74. The second-order valence-corrected chi connectivity index (χ2v) is 7.74. The maximum Gasteiger partial charge on any atom is 0.410 e. The van der Waals surface area contributed by atoms with Gasteiger partial charge in [-0.05, 0) is 27.7 Å². The van der Waals surface area contributed by atoms with E-state index < -0.39 is 21.2 Å². The van der Waals surface area contributed by atoms with Crippen LogP contribution in [0, 0.1) is 0 Å². The van der Waals surface area contributed by atoms with Crippen LogP contribution < -0.4 is 5.14 Å². The van der Waals surface area contributed by atoms with E-state index in [9.17, 15) is 13.2 Å². The molecule has 19 heavy (non-hydrogen) atoms. The minimum Gasteiger partial charge on any atom is -0.444 e. The van der Waals surface area contributed by atoms with Crippen molar-refractivity contribution in [2.24, 2.45) is 5.14 Å². The molecule has 1 aliphatic rings. The summed E-state index contributed by atoms with van der Waals surface area (Å²) in [5, 5.41) is 4.88. The van der Waals surface area contributed by atoms with Crippen molar-refractivity contribution in [3.63, 3.8) is 0 Å². The van der Waals surface area contributed by atoms with Crippen LogP contribution in [0.1, 0.15) is 27.7 Å². The third kappa shape index (κ3) is 5.75. The van der Waals surface area contributed by atoms with Crippen LogP contribution in [0.15, 0.2) is 0 Å². The average Bonchev–Trinajstić information content (AvgIpc) is 2.08. The molecule has 0 radical (unpaired) electrons. The Morgan fingerprint density at radius 1 is 1.37 bits per heavy atom. The van der Waals surface area contributed by atoms with E-state index in [0.717, 1.165) is 0 Å². The van der Waals surface area contributed by atoms with Crippen LogP contribution >= 0.6 is 0 Å². The lowest BCUT2D eigenvalue weighted by molar-refractivity contribution is -0.124. The Hall–Kier alpha value is -0.860. The van der Waals surface area contributed by atoms with Crippen molar-refractivity contribution in [2.45, 2.75) is 38.9 Å². The second-order valence-electron chi connectivity index (χ2n) is 6.00. The number of likely N-dealkylation sites (tertiary alicyclic amines) is 1. The molecule has 1 amide bonds. The van der Waals surface area contributed by atoms with E-state index in [1.807, 2.05) is 6.92 Å². The summed E-state index contributed by atoms with van der Waals surface area (Å²) in [5.41, 5.74) is -1.06. The molecule has 0 atom stereocenters. The lowest BCUT2D eigenvalue weighted by atomic mass is 9.97. The van der Waals surface area contributed by atoms with Gasteiger partial charge in [0.2, 0.25) is 10.0 Å². The van der Waals surface area contributed by atoms with E-state index in [4.69, 9.17) is 14.6 Å². The number of primary sulfonamides is 1. The predicted octanol–water partition coefficient (Wildman–Crippen LogP) is 0.301. The van der Waals surface area contributed by atoms with Gasteiger partial charge in [0.05, 0.1) is 25.4 Å². The van der Waals surface area contributed by atoms with Gasteiger partial charge in [-0.15, -0.1) is 0 Å². The number of rotatable bonds is 4. The Bertz CT molecular complexity index is 434. The van der Waals surface area contributed by atoms with E-state index >= 15 is 0 Å². The zero-order valence-corrected chi connectivity index (χ0v) is 12.6. The predicted molar refractivity (Wildman–Crippen MR) is 70.1 cm³/mol. The highest BCUT2D eigenvalue weighted by Gasteiger charge is 2.44. The first-order valence-electron chi connectivity index (χ1n) is 6.03. The first-order chi connectivity index (χ1) is 8.40. The number of nitrogens with two attached hydrogens (primary N) is 1. The van der Waals surface area contributed by atoms with Crippen molar-refractivity contribution in [1.29, 1.82) is 0 Å². The van der Waals surface area contributed by atoms with Crippen molar-refractivity contribution in [2.75, 3.05) is 25.4 Å². The number of carbonyl (C=O) groups is 1. The molecular formula is C11H22N2O5S. The van der Waals surface area contributed by atoms with Gasteiger partial charge < -0.3 is 14.4 Å². The van der Waals surface area contributed by atoms with E-state index in [0.29, 0.717) is 13.1 Å². The Morgan fingerprint density at radius 2 is 1.89 bits per heavy atom. The molecule has 0 aliphatic carbocycles. The molecule has 0 spiro atoms. The molecular weight excluding hydrogens is 272 g/mol. The molecule has 0 saturated carbocycles. The zero-order valence-electron chi connectivity index (χ0n) is 11.8. The normalized spacial score (nSPS) is 18.9. The molecule has 0 aromatic carbocycles. The second kappa shape index (κ2) is 5.26. The summed E-state index contributed by atoms with van der Waals surface area (Å²) in [7, 11) is -3.51. The number of carbonyl (C=O) groups excluding carboxylic acids is 1. The minimum absolute atomic E-state index is 0.0253. The van der Waals surface area contributed by atoms with E-state index in [1.165, 1.54) is 4.90 Å². The molecule has 1 rings (SSSR count). The lowest BCUT2D eigenvalue weighted by Crippen LogP contribution is -2.64. The topological polar surface area (TPSA) is 98.9 Å². The Labute approximate surface area is 114 Å². The molecule has 1 saturated heterocycles. The number of hydrogen-bond acceptors (Lipinski definition) is 5. The van der Waals surface area contributed by atoms with Gasteiger partial charge in [0.15, 0.2) is 0 Å². The van der Waals surface area contributed by atoms with Crippen LogP contribution in [0.5, 0.6) is 0 Å². The molecule has 2 N–H and O–H groups in total. The van der Waals surface area contributed by atoms with Gasteiger partial charge in [-0.3, -0.25) is 0 Å². The van der Waals surface area contributed by atoms with Crippen LogP contribution in [0.3, 0.4) is 0 Å². The summed E-state index contributed by atoms with van der Waals surface area (Å²) in [6.07, 6.45) is -0.389. The quantitative estimate of drug-likeness (QED) is 0.804. The highest BCUT2D eigenvalue weighted by Crippen LogP contribution is 2.26. The molecule has 112 valence electrons. The van der Waals surface area contributed by atoms with Crippen molar-refractivity contribution in [3.05, 3.63) is 0 Å². The van der Waals surface area contributed by atoms with Crippen LogP contribution in [-0.4, -0.2) is 56.1 Å². The zero-order chi connectivity index (χ0) is 14.9. The van der Waals surface area contributed by atoms with E-state index in [2.05, 4.69) is 0 Å². The smallest absolute Gasteiger partial charge is 0.410 e. The van der Waals surface area contributed by atoms with Crippen LogP contribution in [0.2, 0.25) is 0 Å². The van der Waals surface area contributed by atoms with Crippen molar-refractivity contribution in [1.82, 2.24) is 4.90 Å². The standard InChI is InChI=1S/C11H22N2O5S/c1-10(2,3)18-9(14)13-7-11(4,8-13)17-5-6-19(12,15)16/h5-8H2,1-4H3,(H2,12,15,16). The third-order valence-electron chi connectivity index (χ3n) is 2.52. The van der Waals surface area contributed by atoms with Crippen molar-refractivity contribution in [3.8, 4) is 0 Å². The Morgan fingerprint density at radius 3 is 2.32 bits per heavy atom. The molecule has 0 bridgehead atoms. The molecule has 0 aromatic rings. The van der Waals surface area contributed by atoms with Crippen LogP contribution in [-0.2, 0) is 19.5 Å². The average molecular weight is 294 g/mol. The van der Waals surface area contributed by atoms with Crippen LogP contribution in [0.4, 0.5) is 4.79 Å². The molecule has 8 heteroatoms. The SMILES string of the molecule is CC(C)(C)OC(=O)N1CC(C)(OCCS(N)(=O)=O)C1.